The Kier molecular flexibility index (Phi) is 3.38. The average molecular weight is 228 g/mol. The molecule has 1 aromatic rings. The van der Waals surface area contributed by atoms with Gasteiger partial charge in [-0.25, -0.2) is 9.97 Å². The number of aromatic nitrogens is 2. The van der Waals surface area contributed by atoms with Crippen LogP contribution in [0.4, 0.5) is 5.82 Å². The second-order valence-electron chi connectivity index (χ2n) is 3.78. The Bertz CT molecular complexity index is 328. The number of anilines is 1. The number of nitrogens with zero attached hydrogens (tertiary/aromatic N) is 2. The van der Waals surface area contributed by atoms with Crippen molar-refractivity contribution in [2.45, 2.75) is 19.4 Å². The lowest BCUT2D eigenvalue weighted by molar-refractivity contribution is 0.183. The maximum Gasteiger partial charge on any atom is 0.148 e. The van der Waals surface area contributed by atoms with Crippen molar-refractivity contribution in [2.75, 3.05) is 18.5 Å². The molecule has 1 N–H and O–H groups in total. The molecule has 0 radical (unpaired) electrons. The molecule has 4 nitrogen and oxygen atoms in total. The number of hydrogen-bond donors (Lipinski definition) is 1. The van der Waals surface area contributed by atoms with Crippen LogP contribution in [0.3, 0.4) is 0 Å². The summed E-state index contributed by atoms with van der Waals surface area (Å²) in [6.07, 6.45) is 4.18. The predicted octanol–water partition coefficient (Wildman–Crippen LogP) is 1.97. The topological polar surface area (TPSA) is 47.0 Å². The van der Waals surface area contributed by atoms with Gasteiger partial charge >= 0.3 is 0 Å². The highest BCUT2D eigenvalue weighted by Gasteiger charge is 2.22. The number of rotatable bonds is 3. The zero-order chi connectivity index (χ0) is 10.7. The Morgan fingerprint density at radius 1 is 1.67 bits per heavy atom. The SMILES string of the molecule is CC(Nc1ncncc1Cl)C1CCOC1. The Labute approximate surface area is 94.0 Å². The summed E-state index contributed by atoms with van der Waals surface area (Å²) in [5, 5.41) is 3.85. The number of nitrogens with one attached hydrogen (secondary N) is 1. The molecular weight excluding hydrogens is 214 g/mol. The van der Waals surface area contributed by atoms with Crippen LogP contribution in [0.1, 0.15) is 13.3 Å². The molecule has 1 aromatic heterocycles. The third kappa shape index (κ3) is 2.58. The van der Waals surface area contributed by atoms with Crippen molar-refractivity contribution < 1.29 is 4.74 Å². The largest absolute Gasteiger partial charge is 0.381 e. The molecule has 5 heteroatoms. The van der Waals surface area contributed by atoms with Crippen molar-refractivity contribution in [1.82, 2.24) is 9.97 Å². The zero-order valence-corrected chi connectivity index (χ0v) is 9.37. The van der Waals surface area contributed by atoms with Crippen LogP contribution in [0, 0.1) is 5.92 Å². The number of halogens is 1. The van der Waals surface area contributed by atoms with E-state index in [9.17, 15) is 0 Å². The molecule has 82 valence electrons. The molecular formula is C10H14ClN3O. The zero-order valence-electron chi connectivity index (χ0n) is 8.61. The van der Waals surface area contributed by atoms with E-state index in [0.717, 1.165) is 19.6 Å². The summed E-state index contributed by atoms with van der Waals surface area (Å²) in [5.41, 5.74) is 0. The molecule has 0 spiro atoms. The van der Waals surface area contributed by atoms with Gasteiger partial charge in [-0.3, -0.25) is 0 Å². The van der Waals surface area contributed by atoms with Crippen LogP contribution < -0.4 is 5.32 Å². The van der Waals surface area contributed by atoms with E-state index in [2.05, 4.69) is 22.2 Å². The van der Waals surface area contributed by atoms with Crippen LogP contribution in [0.25, 0.3) is 0 Å². The van der Waals surface area contributed by atoms with Crippen molar-refractivity contribution in [2.24, 2.45) is 5.92 Å². The molecule has 1 saturated heterocycles. The van der Waals surface area contributed by atoms with E-state index in [4.69, 9.17) is 16.3 Å². The van der Waals surface area contributed by atoms with Crippen LogP contribution in [0.15, 0.2) is 12.5 Å². The third-order valence-corrected chi connectivity index (χ3v) is 2.98. The van der Waals surface area contributed by atoms with Gasteiger partial charge in [0.05, 0.1) is 12.8 Å². The number of hydrogen-bond acceptors (Lipinski definition) is 4. The van der Waals surface area contributed by atoms with Gasteiger partial charge < -0.3 is 10.1 Å². The normalized spacial score (nSPS) is 22.7. The van der Waals surface area contributed by atoms with Crippen LogP contribution in [-0.4, -0.2) is 29.2 Å². The third-order valence-electron chi connectivity index (χ3n) is 2.70. The second-order valence-corrected chi connectivity index (χ2v) is 4.18. The lowest BCUT2D eigenvalue weighted by Crippen LogP contribution is -2.26. The molecule has 2 rings (SSSR count). The minimum Gasteiger partial charge on any atom is -0.381 e. The molecule has 0 bridgehead atoms. The van der Waals surface area contributed by atoms with Gasteiger partial charge in [-0.1, -0.05) is 11.6 Å². The van der Waals surface area contributed by atoms with E-state index in [1.807, 2.05) is 0 Å². The standard InChI is InChI=1S/C10H14ClN3O/c1-7(8-2-3-15-5-8)14-10-9(11)4-12-6-13-10/h4,6-8H,2-3,5H2,1H3,(H,12,13,14). The molecule has 15 heavy (non-hydrogen) atoms. The first kappa shape index (κ1) is 10.6. The predicted molar refractivity (Wildman–Crippen MR) is 59.1 cm³/mol. The fourth-order valence-electron chi connectivity index (χ4n) is 1.70. The molecule has 0 aliphatic carbocycles. The van der Waals surface area contributed by atoms with Crippen molar-refractivity contribution in [3.8, 4) is 0 Å². The van der Waals surface area contributed by atoms with E-state index in [0.29, 0.717) is 22.8 Å². The van der Waals surface area contributed by atoms with Crippen LogP contribution in [0.2, 0.25) is 5.02 Å². The lowest BCUT2D eigenvalue weighted by Gasteiger charge is -2.19. The van der Waals surface area contributed by atoms with Crippen LogP contribution in [-0.2, 0) is 4.74 Å². The maximum atomic E-state index is 5.96. The first-order valence-electron chi connectivity index (χ1n) is 5.07. The molecule has 2 atom stereocenters. The van der Waals surface area contributed by atoms with Crippen molar-refractivity contribution in [3.63, 3.8) is 0 Å². The fourth-order valence-corrected chi connectivity index (χ4v) is 1.86. The fraction of sp³-hybridized carbons (Fsp3) is 0.600. The Hall–Kier alpha value is -0.870. The first-order chi connectivity index (χ1) is 7.27. The van der Waals surface area contributed by atoms with Gasteiger partial charge in [0, 0.05) is 18.6 Å². The summed E-state index contributed by atoms with van der Waals surface area (Å²) in [7, 11) is 0. The number of ether oxygens (including phenoxy) is 1. The van der Waals surface area contributed by atoms with Gasteiger partial charge in [0.2, 0.25) is 0 Å². The van der Waals surface area contributed by atoms with Gasteiger partial charge in [-0.2, -0.15) is 0 Å². The lowest BCUT2D eigenvalue weighted by atomic mass is 10.0. The highest BCUT2D eigenvalue weighted by Crippen LogP contribution is 2.22. The van der Waals surface area contributed by atoms with E-state index in [-0.39, 0.29) is 0 Å². The van der Waals surface area contributed by atoms with Crippen LogP contribution in [0.5, 0.6) is 0 Å². The van der Waals surface area contributed by atoms with Crippen molar-refractivity contribution in [1.29, 1.82) is 0 Å². The van der Waals surface area contributed by atoms with E-state index >= 15 is 0 Å². The average Bonchev–Trinajstić information content (AvgIpc) is 2.74. The summed E-state index contributed by atoms with van der Waals surface area (Å²) in [5.74, 6) is 1.24. The van der Waals surface area contributed by atoms with Gasteiger partial charge in [0.25, 0.3) is 0 Å². The summed E-state index contributed by atoms with van der Waals surface area (Å²) in [6, 6.07) is 0.319. The van der Waals surface area contributed by atoms with Crippen molar-refractivity contribution in [3.05, 3.63) is 17.5 Å². The molecule has 1 fully saturated rings. The van der Waals surface area contributed by atoms with E-state index in [1.165, 1.54) is 6.33 Å². The van der Waals surface area contributed by atoms with E-state index < -0.39 is 0 Å². The summed E-state index contributed by atoms with van der Waals surface area (Å²) >= 11 is 5.96. The van der Waals surface area contributed by atoms with Gasteiger partial charge in [-0.15, -0.1) is 0 Å². The Balaban J connectivity index is 1.99. The van der Waals surface area contributed by atoms with Gasteiger partial charge in [0.1, 0.15) is 17.2 Å². The summed E-state index contributed by atoms with van der Waals surface area (Å²) in [4.78, 5) is 7.94. The molecule has 2 heterocycles. The highest BCUT2D eigenvalue weighted by molar-refractivity contribution is 6.32. The molecule has 0 amide bonds. The van der Waals surface area contributed by atoms with Gasteiger partial charge in [0.15, 0.2) is 0 Å². The molecule has 2 unspecified atom stereocenters. The minimum atomic E-state index is 0.319. The first-order valence-corrected chi connectivity index (χ1v) is 5.45. The molecule has 1 aliphatic rings. The van der Waals surface area contributed by atoms with Gasteiger partial charge in [-0.05, 0) is 13.3 Å². The summed E-state index contributed by atoms with van der Waals surface area (Å²) in [6.45, 7) is 3.79. The maximum absolute atomic E-state index is 5.96. The second kappa shape index (κ2) is 4.77. The monoisotopic (exact) mass is 227 g/mol. The molecule has 0 aromatic carbocycles. The quantitative estimate of drug-likeness (QED) is 0.858. The molecule has 1 aliphatic heterocycles. The summed E-state index contributed by atoms with van der Waals surface area (Å²) < 4.78 is 5.34. The highest BCUT2D eigenvalue weighted by atomic mass is 35.5. The smallest absolute Gasteiger partial charge is 0.148 e. The Morgan fingerprint density at radius 3 is 3.20 bits per heavy atom. The van der Waals surface area contributed by atoms with Crippen molar-refractivity contribution >= 4 is 17.4 Å². The minimum absolute atomic E-state index is 0.319. The Morgan fingerprint density at radius 2 is 2.53 bits per heavy atom. The van der Waals surface area contributed by atoms with Crippen LogP contribution >= 0.6 is 11.6 Å². The molecule has 0 saturated carbocycles. The van der Waals surface area contributed by atoms with E-state index in [1.54, 1.807) is 6.20 Å².